The van der Waals surface area contributed by atoms with E-state index in [9.17, 15) is 5.11 Å². The van der Waals surface area contributed by atoms with Crippen molar-refractivity contribution in [3.8, 4) is 11.5 Å². The number of alkyl halides is 2. The fourth-order valence-corrected chi connectivity index (χ4v) is 1.92. The summed E-state index contributed by atoms with van der Waals surface area (Å²) in [6, 6.07) is 6.48. The fourth-order valence-electron chi connectivity index (χ4n) is 1.27. The first-order chi connectivity index (χ1) is 7.72. The number of halogens is 2. The van der Waals surface area contributed by atoms with Gasteiger partial charge in [-0.15, -0.1) is 0 Å². The van der Waals surface area contributed by atoms with Crippen molar-refractivity contribution in [2.24, 2.45) is 0 Å². The van der Waals surface area contributed by atoms with E-state index in [1.54, 1.807) is 12.1 Å². The number of unbranched alkanes of at least 4 members (excludes halogenated alkanes) is 1. The molecular weight excluding hydrogens is 336 g/mol. The van der Waals surface area contributed by atoms with Gasteiger partial charge in [-0.1, -0.05) is 31.9 Å². The van der Waals surface area contributed by atoms with Crippen molar-refractivity contribution < 1.29 is 9.84 Å². The minimum absolute atomic E-state index is 0.0202. The molecule has 1 rings (SSSR count). The number of hydrogen-bond acceptors (Lipinski definition) is 1. The summed E-state index contributed by atoms with van der Waals surface area (Å²) < 4.78 is 5.51. The van der Waals surface area contributed by atoms with Crippen LogP contribution in [0, 0.1) is 0 Å². The lowest BCUT2D eigenvalue weighted by molar-refractivity contribution is 0.303. The molecule has 2 nitrogen and oxygen atoms in total. The summed E-state index contributed by atoms with van der Waals surface area (Å²) in [6.45, 7) is 0.709. The summed E-state index contributed by atoms with van der Waals surface area (Å²) in [5.74, 6) is 0.794. The van der Waals surface area contributed by atoms with Crippen molar-refractivity contribution in [1.29, 1.82) is 0 Å². The SMILES string of the molecule is [O]c1ccc(OCCCCC(Br)CBr)cc1. The van der Waals surface area contributed by atoms with Crippen LogP contribution in [0.3, 0.4) is 0 Å². The minimum atomic E-state index is 0.0202. The van der Waals surface area contributed by atoms with Gasteiger partial charge in [-0.3, -0.25) is 5.11 Å². The molecule has 0 saturated heterocycles. The monoisotopic (exact) mass is 349 g/mol. The van der Waals surface area contributed by atoms with Crippen LogP contribution in [-0.4, -0.2) is 16.8 Å². The summed E-state index contributed by atoms with van der Waals surface area (Å²) in [5.41, 5.74) is 0. The van der Waals surface area contributed by atoms with Crippen LogP contribution in [0.15, 0.2) is 24.3 Å². The Morgan fingerprint density at radius 2 is 1.88 bits per heavy atom. The Kier molecular flexibility index (Phi) is 6.88. The summed E-state index contributed by atoms with van der Waals surface area (Å²) in [6.07, 6.45) is 3.32. The molecule has 16 heavy (non-hydrogen) atoms. The molecule has 0 heterocycles. The van der Waals surface area contributed by atoms with Gasteiger partial charge < -0.3 is 4.74 Å². The Balaban J connectivity index is 2.09. The lowest BCUT2D eigenvalue weighted by Crippen LogP contribution is -2.02. The molecule has 0 amide bonds. The van der Waals surface area contributed by atoms with E-state index < -0.39 is 0 Å². The summed E-state index contributed by atoms with van der Waals surface area (Å²) in [7, 11) is 0. The summed E-state index contributed by atoms with van der Waals surface area (Å²) in [5, 5.41) is 11.8. The van der Waals surface area contributed by atoms with Crippen LogP contribution in [0.1, 0.15) is 19.3 Å². The third kappa shape index (κ3) is 5.75. The molecule has 0 bridgehead atoms. The van der Waals surface area contributed by atoms with Crippen molar-refractivity contribution >= 4 is 31.9 Å². The van der Waals surface area contributed by atoms with E-state index >= 15 is 0 Å². The Morgan fingerprint density at radius 1 is 1.19 bits per heavy atom. The molecule has 0 aliphatic heterocycles. The first-order valence-electron chi connectivity index (χ1n) is 5.32. The molecular formula is C12H15Br2O2. The summed E-state index contributed by atoms with van der Waals surface area (Å²) >= 11 is 6.98. The quantitative estimate of drug-likeness (QED) is 0.524. The zero-order chi connectivity index (χ0) is 11.8. The third-order valence-electron chi connectivity index (χ3n) is 2.17. The van der Waals surface area contributed by atoms with Crippen LogP contribution in [-0.2, 0) is 5.11 Å². The van der Waals surface area contributed by atoms with E-state index in [4.69, 9.17) is 4.74 Å². The first kappa shape index (κ1) is 13.8. The number of rotatable bonds is 7. The Hall–Kier alpha value is -0.220. The van der Waals surface area contributed by atoms with Gasteiger partial charge in [-0.05, 0) is 43.5 Å². The van der Waals surface area contributed by atoms with Crippen molar-refractivity contribution in [1.82, 2.24) is 0 Å². The molecule has 89 valence electrons. The van der Waals surface area contributed by atoms with Gasteiger partial charge in [0.15, 0.2) is 5.75 Å². The van der Waals surface area contributed by atoms with E-state index in [1.165, 1.54) is 12.1 Å². The van der Waals surface area contributed by atoms with Crippen molar-refractivity contribution in [3.05, 3.63) is 24.3 Å². The van der Waals surface area contributed by atoms with Crippen LogP contribution in [0.4, 0.5) is 0 Å². The second-order valence-corrected chi connectivity index (χ2v) is 5.51. The van der Waals surface area contributed by atoms with E-state index in [0.717, 1.165) is 30.3 Å². The molecule has 0 saturated carbocycles. The zero-order valence-electron chi connectivity index (χ0n) is 8.99. The van der Waals surface area contributed by atoms with Gasteiger partial charge in [0.05, 0.1) is 6.61 Å². The highest BCUT2D eigenvalue weighted by Gasteiger charge is 2.01. The van der Waals surface area contributed by atoms with Crippen molar-refractivity contribution in [3.63, 3.8) is 0 Å². The molecule has 1 unspecified atom stereocenters. The topological polar surface area (TPSA) is 29.1 Å². The molecule has 1 radical (unpaired) electrons. The van der Waals surface area contributed by atoms with E-state index in [-0.39, 0.29) is 5.75 Å². The fraction of sp³-hybridized carbons (Fsp3) is 0.500. The predicted octanol–water partition coefficient (Wildman–Crippen LogP) is 4.54. The van der Waals surface area contributed by atoms with Crippen LogP contribution >= 0.6 is 31.9 Å². The van der Waals surface area contributed by atoms with E-state index in [2.05, 4.69) is 31.9 Å². The van der Waals surface area contributed by atoms with Crippen LogP contribution in [0.25, 0.3) is 0 Å². The van der Waals surface area contributed by atoms with Gasteiger partial charge in [0.1, 0.15) is 5.75 Å². The Bertz CT molecular complexity index is 288. The number of hydrogen-bond donors (Lipinski definition) is 0. The lowest BCUT2D eigenvalue weighted by Gasteiger charge is -2.07. The van der Waals surface area contributed by atoms with Gasteiger partial charge >= 0.3 is 0 Å². The molecule has 0 aliphatic carbocycles. The maximum Gasteiger partial charge on any atom is 0.178 e. The maximum atomic E-state index is 10.8. The highest BCUT2D eigenvalue weighted by atomic mass is 79.9. The number of ether oxygens (including phenoxy) is 1. The van der Waals surface area contributed by atoms with Crippen molar-refractivity contribution in [2.75, 3.05) is 11.9 Å². The summed E-state index contributed by atoms with van der Waals surface area (Å²) in [4.78, 5) is 0.548. The molecule has 4 heteroatoms. The largest absolute Gasteiger partial charge is 0.494 e. The van der Waals surface area contributed by atoms with Gasteiger partial charge in [-0.25, -0.2) is 0 Å². The molecule has 0 fully saturated rings. The number of benzene rings is 1. The zero-order valence-corrected chi connectivity index (χ0v) is 12.2. The molecule has 0 N–H and O–H groups in total. The van der Waals surface area contributed by atoms with Gasteiger partial charge in [-0.2, -0.15) is 0 Å². The highest BCUT2D eigenvalue weighted by molar-refractivity contribution is 9.12. The minimum Gasteiger partial charge on any atom is -0.494 e. The van der Waals surface area contributed by atoms with Crippen LogP contribution in [0.5, 0.6) is 11.5 Å². The van der Waals surface area contributed by atoms with E-state index in [1.807, 2.05) is 0 Å². The average Bonchev–Trinajstić information content (AvgIpc) is 2.31. The molecule has 1 atom stereocenters. The third-order valence-corrected chi connectivity index (χ3v) is 4.60. The van der Waals surface area contributed by atoms with Gasteiger partial charge in [0, 0.05) is 10.2 Å². The standard InChI is InChI=1S/C12H15Br2O2/c13-9-10(14)3-1-2-8-16-12-6-4-11(15)5-7-12/h4-7,10H,1-3,8-9H2. The molecule has 1 aromatic carbocycles. The predicted molar refractivity (Wildman–Crippen MR) is 72.4 cm³/mol. The average molecular weight is 351 g/mol. The second-order valence-electron chi connectivity index (χ2n) is 3.57. The molecule has 1 aromatic rings. The second kappa shape index (κ2) is 7.96. The highest BCUT2D eigenvalue weighted by Crippen LogP contribution is 2.17. The smallest absolute Gasteiger partial charge is 0.178 e. The van der Waals surface area contributed by atoms with Gasteiger partial charge in [0.2, 0.25) is 0 Å². The van der Waals surface area contributed by atoms with Gasteiger partial charge in [0.25, 0.3) is 0 Å². The van der Waals surface area contributed by atoms with Crippen molar-refractivity contribution in [2.45, 2.75) is 24.1 Å². The molecule has 0 spiro atoms. The maximum absolute atomic E-state index is 10.8. The molecule has 0 aliphatic rings. The van der Waals surface area contributed by atoms with E-state index in [0.29, 0.717) is 11.4 Å². The lowest BCUT2D eigenvalue weighted by atomic mass is 10.2. The molecule has 0 aromatic heterocycles. The van der Waals surface area contributed by atoms with Crippen LogP contribution < -0.4 is 4.74 Å². The first-order valence-corrected chi connectivity index (χ1v) is 7.36. The Morgan fingerprint density at radius 3 is 2.50 bits per heavy atom. The Labute approximate surface area is 113 Å². The van der Waals surface area contributed by atoms with Crippen LogP contribution in [0.2, 0.25) is 0 Å². The normalized spacial score (nSPS) is 12.4.